The molecule has 0 radical (unpaired) electrons. The molecule has 0 saturated carbocycles. The maximum absolute atomic E-state index is 12.7. The number of aromatic nitrogens is 4. The summed E-state index contributed by atoms with van der Waals surface area (Å²) >= 11 is 0. The van der Waals surface area contributed by atoms with Gasteiger partial charge in [0.2, 0.25) is 0 Å². The summed E-state index contributed by atoms with van der Waals surface area (Å²) in [5, 5.41) is 8.68. The first-order chi connectivity index (χ1) is 10.9. The largest absolute Gasteiger partial charge is 0.340 e. The Hall–Kier alpha value is -2.11. The zero-order valence-corrected chi connectivity index (χ0v) is 14.8. The van der Waals surface area contributed by atoms with Crippen molar-refractivity contribution in [3.63, 3.8) is 0 Å². The molecule has 0 atom stereocenters. The summed E-state index contributed by atoms with van der Waals surface area (Å²) in [6.07, 6.45) is 5.74. The molecule has 0 fully saturated rings. The van der Waals surface area contributed by atoms with Crippen molar-refractivity contribution in [1.29, 1.82) is 0 Å². The SMILES string of the molecule is CCn1nc(C(C)C)cc1C(=O)N(C)CCCc1cnn(C)c1. The van der Waals surface area contributed by atoms with Crippen LogP contribution in [0.2, 0.25) is 0 Å². The Kier molecular flexibility index (Phi) is 5.58. The lowest BCUT2D eigenvalue weighted by Gasteiger charge is -2.17. The second kappa shape index (κ2) is 7.44. The molecule has 6 nitrogen and oxygen atoms in total. The van der Waals surface area contributed by atoms with Crippen molar-refractivity contribution in [3.05, 3.63) is 35.4 Å². The van der Waals surface area contributed by atoms with E-state index in [1.165, 1.54) is 5.56 Å². The van der Waals surface area contributed by atoms with Gasteiger partial charge in [0.15, 0.2) is 0 Å². The number of amides is 1. The quantitative estimate of drug-likeness (QED) is 0.788. The highest BCUT2D eigenvalue weighted by atomic mass is 16.2. The smallest absolute Gasteiger partial charge is 0.271 e. The molecule has 126 valence electrons. The normalized spacial score (nSPS) is 11.2. The second-order valence-electron chi connectivity index (χ2n) is 6.28. The topological polar surface area (TPSA) is 56.0 Å². The molecule has 2 aromatic rings. The van der Waals surface area contributed by atoms with Crippen LogP contribution in [0.3, 0.4) is 0 Å². The van der Waals surface area contributed by atoms with E-state index in [1.807, 2.05) is 39.5 Å². The Morgan fingerprint density at radius 3 is 2.70 bits per heavy atom. The van der Waals surface area contributed by atoms with Gasteiger partial charge >= 0.3 is 0 Å². The van der Waals surface area contributed by atoms with Crippen LogP contribution >= 0.6 is 0 Å². The van der Waals surface area contributed by atoms with Crippen molar-refractivity contribution >= 4 is 5.91 Å². The molecular formula is C17H27N5O. The Balaban J connectivity index is 1.96. The van der Waals surface area contributed by atoms with Gasteiger partial charge in [-0.05, 0) is 37.3 Å². The fraction of sp³-hybridized carbons (Fsp3) is 0.588. The van der Waals surface area contributed by atoms with Gasteiger partial charge in [-0.1, -0.05) is 13.8 Å². The summed E-state index contributed by atoms with van der Waals surface area (Å²) in [4.78, 5) is 14.4. The monoisotopic (exact) mass is 317 g/mol. The molecule has 1 amide bonds. The van der Waals surface area contributed by atoms with Crippen LogP contribution in [-0.2, 0) is 20.0 Å². The lowest BCUT2D eigenvalue weighted by molar-refractivity contribution is 0.0781. The third-order valence-corrected chi connectivity index (χ3v) is 3.97. The minimum atomic E-state index is 0.0393. The standard InChI is InChI=1S/C17H27N5O/c1-6-22-16(10-15(19-22)13(2)3)17(23)20(4)9-7-8-14-11-18-21(5)12-14/h10-13H,6-9H2,1-5H3. The minimum Gasteiger partial charge on any atom is -0.340 e. The molecule has 2 aromatic heterocycles. The molecule has 0 N–H and O–H groups in total. The van der Waals surface area contributed by atoms with E-state index >= 15 is 0 Å². The molecule has 6 heteroatoms. The average molecular weight is 317 g/mol. The fourth-order valence-electron chi connectivity index (χ4n) is 2.55. The molecule has 2 rings (SSSR count). The molecule has 0 spiro atoms. The van der Waals surface area contributed by atoms with E-state index in [-0.39, 0.29) is 5.91 Å². The van der Waals surface area contributed by atoms with Crippen molar-refractivity contribution in [2.75, 3.05) is 13.6 Å². The van der Waals surface area contributed by atoms with Gasteiger partial charge < -0.3 is 4.90 Å². The van der Waals surface area contributed by atoms with Gasteiger partial charge in [0.05, 0.1) is 11.9 Å². The van der Waals surface area contributed by atoms with Gasteiger partial charge in [0, 0.05) is 33.4 Å². The zero-order chi connectivity index (χ0) is 17.0. The van der Waals surface area contributed by atoms with Crippen molar-refractivity contribution in [2.45, 2.75) is 46.1 Å². The summed E-state index contributed by atoms with van der Waals surface area (Å²) in [5.41, 5.74) is 2.85. The van der Waals surface area contributed by atoms with Crippen molar-refractivity contribution in [3.8, 4) is 0 Å². The van der Waals surface area contributed by atoms with Crippen LogP contribution in [-0.4, -0.2) is 44.0 Å². The lowest BCUT2D eigenvalue weighted by Crippen LogP contribution is -2.30. The zero-order valence-electron chi connectivity index (χ0n) is 14.8. The molecule has 0 aliphatic heterocycles. The Morgan fingerprint density at radius 2 is 2.13 bits per heavy atom. The molecular weight excluding hydrogens is 290 g/mol. The minimum absolute atomic E-state index is 0.0393. The first-order valence-corrected chi connectivity index (χ1v) is 8.23. The predicted octanol–water partition coefficient (Wildman–Crippen LogP) is 2.46. The summed E-state index contributed by atoms with van der Waals surface area (Å²) in [6.45, 7) is 7.62. The van der Waals surface area contributed by atoms with Gasteiger partial charge in [-0.3, -0.25) is 14.2 Å². The highest BCUT2D eigenvalue weighted by Gasteiger charge is 2.19. The summed E-state index contributed by atoms with van der Waals surface area (Å²) in [6, 6.07) is 1.92. The predicted molar refractivity (Wildman–Crippen MR) is 90.5 cm³/mol. The fourth-order valence-corrected chi connectivity index (χ4v) is 2.55. The van der Waals surface area contributed by atoms with E-state index < -0.39 is 0 Å². The molecule has 0 unspecified atom stereocenters. The van der Waals surface area contributed by atoms with Gasteiger partial charge in [-0.25, -0.2) is 0 Å². The van der Waals surface area contributed by atoms with E-state index in [0.717, 1.165) is 25.1 Å². The van der Waals surface area contributed by atoms with Crippen LogP contribution in [0.1, 0.15) is 54.9 Å². The van der Waals surface area contributed by atoms with Crippen molar-refractivity contribution < 1.29 is 4.79 Å². The highest BCUT2D eigenvalue weighted by Crippen LogP contribution is 2.16. The Labute approximate surface area is 138 Å². The number of rotatable bonds is 7. The number of hydrogen-bond donors (Lipinski definition) is 0. The Morgan fingerprint density at radius 1 is 1.39 bits per heavy atom. The number of nitrogens with zero attached hydrogens (tertiary/aromatic N) is 5. The summed E-state index contributed by atoms with van der Waals surface area (Å²) in [5.74, 6) is 0.364. The molecule has 0 saturated heterocycles. The van der Waals surface area contributed by atoms with E-state index in [0.29, 0.717) is 18.2 Å². The molecule has 0 aliphatic rings. The van der Waals surface area contributed by atoms with Crippen LogP contribution in [0.15, 0.2) is 18.5 Å². The Bertz CT molecular complexity index is 656. The molecule has 2 heterocycles. The van der Waals surface area contributed by atoms with Crippen molar-refractivity contribution in [1.82, 2.24) is 24.5 Å². The maximum Gasteiger partial charge on any atom is 0.271 e. The molecule has 0 aromatic carbocycles. The van der Waals surface area contributed by atoms with Gasteiger partial charge in [0.25, 0.3) is 5.91 Å². The summed E-state index contributed by atoms with van der Waals surface area (Å²) in [7, 11) is 3.77. The molecule has 0 aliphatic carbocycles. The van der Waals surface area contributed by atoms with Gasteiger partial charge in [-0.2, -0.15) is 10.2 Å². The first-order valence-electron chi connectivity index (χ1n) is 8.23. The number of hydrogen-bond acceptors (Lipinski definition) is 3. The lowest BCUT2D eigenvalue weighted by atomic mass is 10.1. The maximum atomic E-state index is 12.7. The van der Waals surface area contributed by atoms with Gasteiger partial charge in [-0.15, -0.1) is 0 Å². The van der Waals surface area contributed by atoms with E-state index in [2.05, 4.69) is 24.0 Å². The van der Waals surface area contributed by atoms with Crippen LogP contribution < -0.4 is 0 Å². The third kappa shape index (κ3) is 4.21. The van der Waals surface area contributed by atoms with Crippen LogP contribution in [0.25, 0.3) is 0 Å². The van der Waals surface area contributed by atoms with Crippen LogP contribution in [0.5, 0.6) is 0 Å². The van der Waals surface area contributed by atoms with Crippen LogP contribution in [0.4, 0.5) is 0 Å². The number of carbonyl (C=O) groups is 1. The number of carbonyl (C=O) groups excluding carboxylic acids is 1. The molecule has 23 heavy (non-hydrogen) atoms. The van der Waals surface area contributed by atoms with E-state index in [4.69, 9.17) is 0 Å². The third-order valence-electron chi connectivity index (χ3n) is 3.97. The van der Waals surface area contributed by atoms with Gasteiger partial charge in [0.1, 0.15) is 5.69 Å². The first kappa shape index (κ1) is 17.2. The van der Waals surface area contributed by atoms with E-state index in [1.54, 1.807) is 14.3 Å². The average Bonchev–Trinajstić information content (AvgIpc) is 3.12. The van der Waals surface area contributed by atoms with E-state index in [9.17, 15) is 4.79 Å². The second-order valence-corrected chi connectivity index (χ2v) is 6.28. The highest BCUT2D eigenvalue weighted by molar-refractivity contribution is 5.92. The van der Waals surface area contributed by atoms with Crippen LogP contribution in [0, 0.1) is 0 Å². The summed E-state index contributed by atoms with van der Waals surface area (Å²) < 4.78 is 3.60. The van der Waals surface area contributed by atoms with Crippen molar-refractivity contribution in [2.24, 2.45) is 7.05 Å². The number of aryl methyl sites for hydroxylation is 3. The molecule has 0 bridgehead atoms.